The second-order valence-corrected chi connectivity index (χ2v) is 6.25. The van der Waals surface area contributed by atoms with Gasteiger partial charge in [-0.25, -0.2) is 0 Å². The summed E-state index contributed by atoms with van der Waals surface area (Å²) in [5.74, 6) is 2.09. The Bertz CT molecular complexity index is 213. The van der Waals surface area contributed by atoms with Gasteiger partial charge in [-0.15, -0.1) is 0 Å². The molecule has 2 aliphatic heterocycles. The minimum Gasteiger partial charge on any atom is -0.317 e. The first-order valence-corrected chi connectivity index (χ1v) is 7.37. The van der Waals surface area contributed by atoms with Gasteiger partial charge in [0.05, 0.1) is 0 Å². The van der Waals surface area contributed by atoms with Crippen LogP contribution in [0.5, 0.6) is 0 Å². The zero-order valence-corrected chi connectivity index (χ0v) is 10.4. The maximum atomic E-state index is 3.72. The fourth-order valence-electron chi connectivity index (χ4n) is 3.55. The van der Waals surface area contributed by atoms with Crippen molar-refractivity contribution in [3.05, 3.63) is 0 Å². The third-order valence-electron chi connectivity index (χ3n) is 4.73. The lowest BCUT2D eigenvalue weighted by molar-refractivity contribution is 0.283. The zero-order chi connectivity index (χ0) is 10.8. The molecular formula is C14H26N2. The molecule has 1 aliphatic carbocycles. The van der Waals surface area contributed by atoms with E-state index in [1.165, 1.54) is 64.5 Å². The quantitative estimate of drug-likeness (QED) is 0.674. The average molecular weight is 222 g/mol. The first-order chi connectivity index (χ1) is 7.90. The Balaban J connectivity index is 1.27. The van der Waals surface area contributed by atoms with Gasteiger partial charge in [0.2, 0.25) is 0 Å². The van der Waals surface area contributed by atoms with Gasteiger partial charge in [-0.2, -0.15) is 0 Å². The van der Waals surface area contributed by atoms with Gasteiger partial charge in [-0.3, -0.25) is 0 Å². The van der Waals surface area contributed by atoms with E-state index >= 15 is 0 Å². The van der Waals surface area contributed by atoms with E-state index in [1.54, 1.807) is 0 Å². The van der Waals surface area contributed by atoms with E-state index < -0.39 is 0 Å². The second-order valence-electron chi connectivity index (χ2n) is 6.25. The largest absolute Gasteiger partial charge is 0.317 e. The Morgan fingerprint density at radius 1 is 0.812 bits per heavy atom. The van der Waals surface area contributed by atoms with Crippen molar-refractivity contribution in [1.82, 2.24) is 10.6 Å². The molecule has 0 aromatic rings. The Hall–Kier alpha value is -0.0800. The van der Waals surface area contributed by atoms with Gasteiger partial charge >= 0.3 is 0 Å². The molecule has 0 spiro atoms. The highest BCUT2D eigenvalue weighted by molar-refractivity contribution is 4.91. The first kappa shape index (κ1) is 11.0. The highest BCUT2D eigenvalue weighted by Gasteiger charge is 2.32. The predicted molar refractivity (Wildman–Crippen MR) is 67.5 cm³/mol. The molecule has 2 nitrogen and oxygen atoms in total. The third kappa shape index (κ3) is 2.98. The van der Waals surface area contributed by atoms with Crippen molar-refractivity contribution in [2.45, 2.75) is 63.5 Å². The van der Waals surface area contributed by atoms with Crippen molar-refractivity contribution in [1.29, 1.82) is 0 Å². The lowest BCUT2D eigenvalue weighted by Crippen LogP contribution is -2.38. The summed E-state index contributed by atoms with van der Waals surface area (Å²) in [5, 5.41) is 7.36. The topological polar surface area (TPSA) is 24.1 Å². The predicted octanol–water partition coefficient (Wildman–Crippen LogP) is 2.30. The molecule has 3 rings (SSSR count). The lowest BCUT2D eigenvalue weighted by Gasteiger charge is -2.29. The number of nitrogens with one attached hydrogen (secondary N) is 2. The minimum atomic E-state index is 0.871. The highest BCUT2D eigenvalue weighted by Crippen LogP contribution is 2.33. The van der Waals surface area contributed by atoms with Crippen molar-refractivity contribution < 1.29 is 0 Å². The SMILES string of the molecule is C(CC1CC1)NCCC1CC2CCC(C1)N2. The summed E-state index contributed by atoms with van der Waals surface area (Å²) >= 11 is 0. The first-order valence-electron chi connectivity index (χ1n) is 7.37. The van der Waals surface area contributed by atoms with E-state index in [2.05, 4.69) is 10.6 Å². The van der Waals surface area contributed by atoms with Gasteiger partial charge in [0, 0.05) is 12.1 Å². The van der Waals surface area contributed by atoms with E-state index in [9.17, 15) is 0 Å². The van der Waals surface area contributed by atoms with Gasteiger partial charge in [0.25, 0.3) is 0 Å². The monoisotopic (exact) mass is 222 g/mol. The Kier molecular flexibility index (Phi) is 3.49. The fraction of sp³-hybridized carbons (Fsp3) is 1.00. The summed E-state index contributed by atoms with van der Waals surface area (Å²) in [6.45, 7) is 2.53. The van der Waals surface area contributed by atoms with Gasteiger partial charge in [-0.05, 0) is 63.5 Å². The molecule has 92 valence electrons. The van der Waals surface area contributed by atoms with Crippen LogP contribution in [0.15, 0.2) is 0 Å². The second kappa shape index (κ2) is 5.05. The summed E-state index contributed by atoms with van der Waals surface area (Å²) in [5.41, 5.74) is 0. The molecule has 0 aromatic carbocycles. The van der Waals surface area contributed by atoms with E-state index in [0.29, 0.717) is 0 Å². The van der Waals surface area contributed by atoms with Crippen molar-refractivity contribution >= 4 is 0 Å². The number of piperidine rings is 1. The van der Waals surface area contributed by atoms with Crippen LogP contribution in [0.3, 0.4) is 0 Å². The maximum absolute atomic E-state index is 3.72. The fourth-order valence-corrected chi connectivity index (χ4v) is 3.55. The average Bonchev–Trinajstić information content (AvgIpc) is 3.04. The van der Waals surface area contributed by atoms with E-state index in [4.69, 9.17) is 0 Å². The molecule has 1 saturated carbocycles. The summed E-state index contributed by atoms with van der Waals surface area (Å²) in [4.78, 5) is 0. The molecule has 2 heteroatoms. The van der Waals surface area contributed by atoms with E-state index in [0.717, 1.165) is 23.9 Å². The van der Waals surface area contributed by atoms with Crippen LogP contribution in [0, 0.1) is 11.8 Å². The van der Waals surface area contributed by atoms with E-state index in [-0.39, 0.29) is 0 Å². The van der Waals surface area contributed by atoms with Gasteiger partial charge < -0.3 is 10.6 Å². The molecule has 2 heterocycles. The highest BCUT2D eigenvalue weighted by atomic mass is 15.0. The van der Waals surface area contributed by atoms with Crippen LogP contribution in [0.4, 0.5) is 0 Å². The van der Waals surface area contributed by atoms with E-state index in [1.807, 2.05) is 0 Å². The molecule has 3 aliphatic rings. The number of hydrogen-bond acceptors (Lipinski definition) is 2. The smallest absolute Gasteiger partial charge is 0.00728 e. The molecule has 0 amide bonds. The van der Waals surface area contributed by atoms with Crippen molar-refractivity contribution in [3.8, 4) is 0 Å². The van der Waals surface area contributed by atoms with Crippen LogP contribution in [0.2, 0.25) is 0 Å². The zero-order valence-electron chi connectivity index (χ0n) is 10.4. The molecule has 16 heavy (non-hydrogen) atoms. The molecule has 2 N–H and O–H groups in total. The van der Waals surface area contributed by atoms with Crippen LogP contribution in [-0.4, -0.2) is 25.2 Å². The maximum Gasteiger partial charge on any atom is 0.00728 e. The van der Waals surface area contributed by atoms with Crippen LogP contribution in [-0.2, 0) is 0 Å². The molecule has 3 fully saturated rings. The van der Waals surface area contributed by atoms with Crippen molar-refractivity contribution in [2.75, 3.05) is 13.1 Å². The van der Waals surface area contributed by atoms with Crippen molar-refractivity contribution in [2.24, 2.45) is 11.8 Å². The normalized spacial score (nSPS) is 37.9. The number of hydrogen-bond donors (Lipinski definition) is 2. The molecule has 2 unspecified atom stereocenters. The van der Waals surface area contributed by atoms with Crippen LogP contribution < -0.4 is 10.6 Å². The molecule has 0 radical (unpaired) electrons. The summed E-state index contributed by atoms with van der Waals surface area (Å²) < 4.78 is 0. The third-order valence-corrected chi connectivity index (χ3v) is 4.73. The number of rotatable bonds is 6. The molecule has 2 atom stereocenters. The minimum absolute atomic E-state index is 0.871. The molecule has 2 saturated heterocycles. The molecule has 2 bridgehead atoms. The van der Waals surface area contributed by atoms with Crippen molar-refractivity contribution in [3.63, 3.8) is 0 Å². The summed E-state index contributed by atoms with van der Waals surface area (Å²) in [7, 11) is 0. The molecular weight excluding hydrogens is 196 g/mol. The van der Waals surface area contributed by atoms with Gasteiger partial charge in [-0.1, -0.05) is 12.8 Å². The Labute approximate surface area is 99.6 Å². The van der Waals surface area contributed by atoms with Crippen LogP contribution in [0.25, 0.3) is 0 Å². The number of fused-ring (bicyclic) bond motifs is 2. The Morgan fingerprint density at radius 2 is 1.44 bits per heavy atom. The summed E-state index contributed by atoms with van der Waals surface area (Å²) in [6, 6.07) is 1.74. The summed E-state index contributed by atoms with van der Waals surface area (Å²) in [6.07, 6.45) is 11.6. The Morgan fingerprint density at radius 3 is 2.06 bits per heavy atom. The standard InChI is InChI=1S/C14H26N2/c1-2-11(1)5-7-15-8-6-12-9-13-3-4-14(10-12)16-13/h11-16H,1-10H2. The van der Waals surface area contributed by atoms with Crippen LogP contribution in [0.1, 0.15) is 51.4 Å². The van der Waals surface area contributed by atoms with Gasteiger partial charge in [0.1, 0.15) is 0 Å². The molecule has 0 aromatic heterocycles. The lowest BCUT2D eigenvalue weighted by atomic mass is 9.90. The van der Waals surface area contributed by atoms with Crippen LogP contribution >= 0.6 is 0 Å². The van der Waals surface area contributed by atoms with Gasteiger partial charge in [0.15, 0.2) is 0 Å².